The molecule has 0 bridgehead atoms. The second-order valence-electron chi connectivity index (χ2n) is 3.78. The Morgan fingerprint density at radius 1 is 1.26 bits per heavy atom. The molecule has 1 amide bonds. The molecule has 2 N–H and O–H groups in total. The van der Waals surface area contributed by atoms with Gasteiger partial charge in [-0.2, -0.15) is 0 Å². The lowest BCUT2D eigenvalue weighted by Gasteiger charge is -2.13. The molecule has 1 aromatic rings. The third kappa shape index (κ3) is 5.36. The van der Waals surface area contributed by atoms with E-state index in [0.717, 1.165) is 5.56 Å². The molecule has 0 aliphatic heterocycles. The normalized spacial score (nSPS) is 9.42. The standard InChI is InChI=1S/C13H20N2O3.ClH/c1-14-8-7-12(16)15-9-10-5-4-6-11(17-2)13(10)18-3;/h4-6,14H,7-9H2,1-3H3,(H,15,16);1H. The Bertz CT molecular complexity index is 399. The van der Waals surface area contributed by atoms with Gasteiger partial charge in [0.1, 0.15) is 0 Å². The van der Waals surface area contributed by atoms with E-state index < -0.39 is 0 Å². The van der Waals surface area contributed by atoms with Crippen molar-refractivity contribution < 1.29 is 14.3 Å². The van der Waals surface area contributed by atoms with Crippen molar-refractivity contribution in [3.05, 3.63) is 23.8 Å². The third-order valence-corrected chi connectivity index (χ3v) is 2.56. The van der Waals surface area contributed by atoms with E-state index in [2.05, 4.69) is 10.6 Å². The molecule has 0 saturated carbocycles. The molecule has 1 aromatic carbocycles. The Balaban J connectivity index is 0.00000324. The number of methoxy groups -OCH3 is 2. The van der Waals surface area contributed by atoms with Crippen LogP contribution in [0.1, 0.15) is 12.0 Å². The van der Waals surface area contributed by atoms with Crippen molar-refractivity contribution in [2.45, 2.75) is 13.0 Å². The monoisotopic (exact) mass is 288 g/mol. The van der Waals surface area contributed by atoms with Gasteiger partial charge in [-0.25, -0.2) is 0 Å². The highest BCUT2D eigenvalue weighted by atomic mass is 35.5. The molecule has 1 rings (SSSR count). The van der Waals surface area contributed by atoms with Gasteiger partial charge < -0.3 is 20.1 Å². The molecule has 0 atom stereocenters. The number of halogens is 1. The number of ether oxygens (including phenoxy) is 2. The molecular weight excluding hydrogens is 268 g/mol. The molecule has 0 radical (unpaired) electrons. The van der Waals surface area contributed by atoms with E-state index in [-0.39, 0.29) is 18.3 Å². The number of rotatable bonds is 7. The molecule has 0 heterocycles. The van der Waals surface area contributed by atoms with Crippen molar-refractivity contribution >= 4 is 18.3 Å². The highest BCUT2D eigenvalue weighted by molar-refractivity contribution is 5.85. The van der Waals surface area contributed by atoms with Gasteiger partial charge in [0.25, 0.3) is 0 Å². The second kappa shape index (κ2) is 9.47. The molecule has 0 aromatic heterocycles. The lowest BCUT2D eigenvalue weighted by molar-refractivity contribution is -0.121. The van der Waals surface area contributed by atoms with Crippen LogP contribution in [-0.4, -0.2) is 33.7 Å². The second-order valence-corrected chi connectivity index (χ2v) is 3.78. The predicted octanol–water partition coefficient (Wildman–Crippen LogP) is 1.35. The van der Waals surface area contributed by atoms with Crippen molar-refractivity contribution in [3.63, 3.8) is 0 Å². The molecule has 19 heavy (non-hydrogen) atoms. The summed E-state index contributed by atoms with van der Waals surface area (Å²) >= 11 is 0. The fourth-order valence-electron chi connectivity index (χ4n) is 1.61. The van der Waals surface area contributed by atoms with Gasteiger partial charge >= 0.3 is 0 Å². The Hall–Kier alpha value is -1.46. The molecule has 0 fully saturated rings. The van der Waals surface area contributed by atoms with Gasteiger partial charge in [-0.15, -0.1) is 12.4 Å². The van der Waals surface area contributed by atoms with Crippen molar-refractivity contribution in [3.8, 4) is 11.5 Å². The fraction of sp³-hybridized carbons (Fsp3) is 0.462. The molecule has 0 aliphatic rings. The maximum atomic E-state index is 11.5. The van der Waals surface area contributed by atoms with Crippen LogP contribution in [0.15, 0.2) is 18.2 Å². The lowest BCUT2D eigenvalue weighted by Crippen LogP contribution is -2.26. The minimum absolute atomic E-state index is 0. The summed E-state index contributed by atoms with van der Waals surface area (Å²) in [7, 11) is 5.00. The number of nitrogens with one attached hydrogen (secondary N) is 2. The van der Waals surface area contributed by atoms with Gasteiger partial charge in [-0.05, 0) is 13.1 Å². The number of para-hydroxylation sites is 1. The smallest absolute Gasteiger partial charge is 0.221 e. The molecular formula is C13H21ClN2O3. The summed E-state index contributed by atoms with van der Waals surface area (Å²) in [6.07, 6.45) is 0.461. The van der Waals surface area contributed by atoms with Crippen LogP contribution in [-0.2, 0) is 11.3 Å². The van der Waals surface area contributed by atoms with E-state index in [1.807, 2.05) is 25.2 Å². The highest BCUT2D eigenvalue weighted by Gasteiger charge is 2.10. The van der Waals surface area contributed by atoms with Crippen LogP contribution in [0.3, 0.4) is 0 Å². The SMILES string of the molecule is CNCCC(=O)NCc1cccc(OC)c1OC.Cl. The zero-order chi connectivity index (χ0) is 13.4. The molecule has 5 nitrogen and oxygen atoms in total. The van der Waals surface area contributed by atoms with Gasteiger partial charge in [0.15, 0.2) is 11.5 Å². The minimum atomic E-state index is 0. The van der Waals surface area contributed by atoms with Crippen LogP contribution in [0.25, 0.3) is 0 Å². The van der Waals surface area contributed by atoms with Gasteiger partial charge in [0.05, 0.1) is 14.2 Å². The lowest BCUT2D eigenvalue weighted by atomic mass is 10.2. The van der Waals surface area contributed by atoms with Crippen molar-refractivity contribution in [1.29, 1.82) is 0 Å². The summed E-state index contributed by atoms with van der Waals surface area (Å²) in [5.41, 5.74) is 0.898. The molecule has 0 aliphatic carbocycles. The molecule has 6 heteroatoms. The first kappa shape index (κ1) is 17.5. The molecule has 0 saturated heterocycles. The highest BCUT2D eigenvalue weighted by Crippen LogP contribution is 2.30. The van der Waals surface area contributed by atoms with Crippen LogP contribution in [0.2, 0.25) is 0 Å². The van der Waals surface area contributed by atoms with Crippen molar-refractivity contribution in [2.75, 3.05) is 27.8 Å². The summed E-state index contributed by atoms with van der Waals surface area (Å²) in [6.45, 7) is 1.10. The van der Waals surface area contributed by atoms with E-state index >= 15 is 0 Å². The fourth-order valence-corrected chi connectivity index (χ4v) is 1.61. The summed E-state index contributed by atoms with van der Waals surface area (Å²) < 4.78 is 10.5. The van der Waals surface area contributed by atoms with Crippen molar-refractivity contribution in [1.82, 2.24) is 10.6 Å². The number of amides is 1. The van der Waals surface area contributed by atoms with E-state index in [1.54, 1.807) is 14.2 Å². The summed E-state index contributed by atoms with van der Waals surface area (Å²) in [4.78, 5) is 11.5. The van der Waals surface area contributed by atoms with E-state index in [4.69, 9.17) is 9.47 Å². The summed E-state index contributed by atoms with van der Waals surface area (Å²) in [5.74, 6) is 1.34. The summed E-state index contributed by atoms with van der Waals surface area (Å²) in [6, 6.07) is 5.60. The molecule has 0 unspecified atom stereocenters. The van der Waals surface area contributed by atoms with Gasteiger partial charge in [-0.1, -0.05) is 12.1 Å². The topological polar surface area (TPSA) is 59.6 Å². The largest absolute Gasteiger partial charge is 0.493 e. The Kier molecular flexibility index (Phi) is 8.74. The Morgan fingerprint density at radius 3 is 2.58 bits per heavy atom. The number of carbonyl (C=O) groups excluding carboxylic acids is 1. The molecule has 0 spiro atoms. The third-order valence-electron chi connectivity index (χ3n) is 2.56. The van der Waals surface area contributed by atoms with E-state index in [0.29, 0.717) is 31.0 Å². The van der Waals surface area contributed by atoms with Crippen LogP contribution in [0.5, 0.6) is 11.5 Å². The van der Waals surface area contributed by atoms with Crippen LogP contribution in [0.4, 0.5) is 0 Å². The first-order valence-electron chi connectivity index (χ1n) is 5.84. The maximum absolute atomic E-state index is 11.5. The van der Waals surface area contributed by atoms with E-state index in [1.165, 1.54) is 0 Å². The van der Waals surface area contributed by atoms with Gasteiger partial charge in [-0.3, -0.25) is 4.79 Å². The van der Waals surface area contributed by atoms with Crippen LogP contribution in [0, 0.1) is 0 Å². The minimum Gasteiger partial charge on any atom is -0.493 e. The van der Waals surface area contributed by atoms with Crippen LogP contribution < -0.4 is 20.1 Å². The van der Waals surface area contributed by atoms with Crippen molar-refractivity contribution in [2.24, 2.45) is 0 Å². The number of benzene rings is 1. The first-order chi connectivity index (χ1) is 8.72. The van der Waals surface area contributed by atoms with E-state index in [9.17, 15) is 4.79 Å². The number of hydrogen-bond donors (Lipinski definition) is 2. The number of hydrogen-bond acceptors (Lipinski definition) is 4. The quantitative estimate of drug-likeness (QED) is 0.795. The Labute approximate surface area is 120 Å². The number of carbonyl (C=O) groups is 1. The summed E-state index contributed by atoms with van der Waals surface area (Å²) in [5, 5.41) is 5.78. The average Bonchev–Trinajstić information content (AvgIpc) is 2.41. The predicted molar refractivity (Wildman–Crippen MR) is 77.2 cm³/mol. The maximum Gasteiger partial charge on any atom is 0.221 e. The first-order valence-corrected chi connectivity index (χ1v) is 5.84. The van der Waals surface area contributed by atoms with Gasteiger partial charge in [0.2, 0.25) is 5.91 Å². The van der Waals surface area contributed by atoms with Gasteiger partial charge in [0, 0.05) is 25.1 Å². The zero-order valence-corrected chi connectivity index (χ0v) is 12.3. The van der Waals surface area contributed by atoms with Crippen LogP contribution >= 0.6 is 12.4 Å². The Morgan fingerprint density at radius 2 is 2.00 bits per heavy atom. The average molecular weight is 289 g/mol. The zero-order valence-electron chi connectivity index (χ0n) is 11.5. The molecule has 108 valence electrons.